The van der Waals surface area contributed by atoms with E-state index >= 15 is 0 Å². The Labute approximate surface area is 48.1 Å². The summed E-state index contributed by atoms with van der Waals surface area (Å²) in [5.74, 6) is -1.24. The summed E-state index contributed by atoms with van der Waals surface area (Å²) in [4.78, 5) is 13.2. The molecule has 0 atom stereocenters. The van der Waals surface area contributed by atoms with Crippen LogP contribution < -0.4 is 5.11 Å². The Kier molecular flexibility index (Phi) is 2.84. The fraction of sp³-hybridized carbons (Fsp3) is 0.600. The van der Waals surface area contributed by atoms with E-state index in [1.165, 1.54) is 0 Å². The lowest BCUT2D eigenvalue weighted by Crippen LogP contribution is -2.23. The number of nitrogens with zero attached hydrogens (tertiary/aromatic N) is 1. The fourth-order valence-electron chi connectivity index (χ4n) is 0.210. The van der Waals surface area contributed by atoms with Crippen molar-refractivity contribution >= 4 is 12.2 Å². The molecule has 0 fully saturated rings. The highest BCUT2D eigenvalue weighted by Crippen LogP contribution is 1.80. The Hall–Kier alpha value is -0.860. The van der Waals surface area contributed by atoms with E-state index in [2.05, 4.69) is 4.99 Å². The molecule has 0 rings (SSSR count). The molecular weight excluding hydrogens is 106 g/mol. The van der Waals surface area contributed by atoms with Crippen molar-refractivity contribution in [1.29, 1.82) is 0 Å². The van der Waals surface area contributed by atoms with Crippen molar-refractivity contribution in [1.82, 2.24) is 0 Å². The second kappa shape index (κ2) is 3.18. The highest BCUT2D eigenvalue weighted by molar-refractivity contribution is 6.20. The number of carbonyl (C=O) groups excluding carboxylic acids is 1. The van der Waals surface area contributed by atoms with Gasteiger partial charge in [0, 0.05) is 12.3 Å². The van der Waals surface area contributed by atoms with Crippen LogP contribution in [0.5, 0.6) is 0 Å². The zero-order chi connectivity index (χ0) is 6.57. The molecule has 0 aliphatic heterocycles. The van der Waals surface area contributed by atoms with Gasteiger partial charge in [0.15, 0.2) is 0 Å². The zero-order valence-corrected chi connectivity index (χ0v) is 4.92. The molecule has 0 saturated heterocycles. The molecule has 0 unspecified atom stereocenters. The molecule has 0 spiro atoms. The van der Waals surface area contributed by atoms with Crippen LogP contribution in [0.1, 0.15) is 13.8 Å². The van der Waals surface area contributed by atoms with Crippen molar-refractivity contribution in [3.63, 3.8) is 0 Å². The summed E-state index contributed by atoms with van der Waals surface area (Å²) in [5.41, 5.74) is 0. The quantitative estimate of drug-likeness (QED) is 0.442. The maximum Gasteiger partial charge on any atom is 0.0821 e. The van der Waals surface area contributed by atoms with Gasteiger partial charge in [0.25, 0.3) is 0 Å². The third-order valence-electron chi connectivity index (χ3n) is 0.478. The largest absolute Gasteiger partial charge is 0.544 e. The number of hydrogen-bond acceptors (Lipinski definition) is 3. The smallest absolute Gasteiger partial charge is 0.0821 e. The van der Waals surface area contributed by atoms with E-state index in [0.717, 1.165) is 6.21 Å². The Balaban J connectivity index is 3.50. The van der Waals surface area contributed by atoms with Gasteiger partial charge in [-0.05, 0) is 13.8 Å². The van der Waals surface area contributed by atoms with Crippen LogP contribution in [0.15, 0.2) is 4.99 Å². The second-order valence-corrected chi connectivity index (χ2v) is 1.69. The van der Waals surface area contributed by atoms with Crippen LogP contribution in [0.3, 0.4) is 0 Å². The van der Waals surface area contributed by atoms with Crippen molar-refractivity contribution in [3.8, 4) is 0 Å². The van der Waals surface area contributed by atoms with Crippen LogP contribution in [0.25, 0.3) is 0 Å². The van der Waals surface area contributed by atoms with E-state index in [9.17, 15) is 9.90 Å². The molecule has 0 heterocycles. The lowest BCUT2D eigenvalue weighted by atomic mass is 10.4. The molecule has 0 radical (unpaired) electrons. The summed E-state index contributed by atoms with van der Waals surface area (Å²) in [6.45, 7) is 3.58. The molecule has 0 amide bonds. The van der Waals surface area contributed by atoms with Crippen LogP contribution in [-0.4, -0.2) is 18.2 Å². The third-order valence-corrected chi connectivity index (χ3v) is 0.478. The van der Waals surface area contributed by atoms with Gasteiger partial charge < -0.3 is 9.90 Å². The topological polar surface area (TPSA) is 52.5 Å². The van der Waals surface area contributed by atoms with E-state index in [-0.39, 0.29) is 6.04 Å². The Morgan fingerprint density at radius 2 is 2.25 bits per heavy atom. The second-order valence-electron chi connectivity index (χ2n) is 1.69. The molecule has 3 heteroatoms. The lowest BCUT2D eigenvalue weighted by molar-refractivity contribution is -0.293. The summed E-state index contributed by atoms with van der Waals surface area (Å²) in [5, 5.41) is 9.64. The van der Waals surface area contributed by atoms with Gasteiger partial charge in [-0.25, -0.2) is 0 Å². The van der Waals surface area contributed by atoms with Crippen LogP contribution in [0, 0.1) is 0 Å². The summed E-state index contributed by atoms with van der Waals surface area (Å²) >= 11 is 0. The standard InChI is InChI=1S/C5H9NO2/c1-4(2)6-3-5(7)8/h3-4H,1-2H3,(H,7,8)/p-1. The predicted molar refractivity (Wildman–Crippen MR) is 28.6 cm³/mol. The molecule has 0 aliphatic carbocycles. The van der Waals surface area contributed by atoms with Gasteiger partial charge in [-0.2, -0.15) is 0 Å². The summed E-state index contributed by atoms with van der Waals surface area (Å²) in [6.07, 6.45) is 0.796. The van der Waals surface area contributed by atoms with Gasteiger partial charge in [0.1, 0.15) is 0 Å². The Morgan fingerprint density at radius 1 is 1.75 bits per heavy atom. The maximum absolute atomic E-state index is 9.64. The van der Waals surface area contributed by atoms with Gasteiger partial charge in [0.05, 0.1) is 5.97 Å². The summed E-state index contributed by atoms with van der Waals surface area (Å²) in [6, 6.07) is 0.0351. The molecule has 46 valence electrons. The van der Waals surface area contributed by atoms with Crippen LogP contribution in [0.4, 0.5) is 0 Å². The normalized spacial score (nSPS) is 10.9. The molecule has 0 aromatic rings. The van der Waals surface area contributed by atoms with Crippen LogP contribution in [0.2, 0.25) is 0 Å². The van der Waals surface area contributed by atoms with E-state index < -0.39 is 5.97 Å². The van der Waals surface area contributed by atoms with E-state index in [1.807, 2.05) is 0 Å². The van der Waals surface area contributed by atoms with Crippen LogP contribution in [-0.2, 0) is 4.79 Å². The fourth-order valence-corrected chi connectivity index (χ4v) is 0.210. The van der Waals surface area contributed by atoms with Gasteiger partial charge in [-0.15, -0.1) is 0 Å². The van der Waals surface area contributed by atoms with E-state index in [4.69, 9.17) is 0 Å². The first-order valence-corrected chi connectivity index (χ1v) is 2.37. The minimum absolute atomic E-state index is 0.0351. The number of carboxylic acid groups (broad SMARTS) is 1. The SMILES string of the molecule is CC(C)N=CC(=O)[O-]. The third kappa shape index (κ3) is 5.14. The molecule has 0 N–H and O–H groups in total. The number of carbonyl (C=O) groups is 1. The molecule has 0 aromatic carbocycles. The van der Waals surface area contributed by atoms with Crippen molar-refractivity contribution in [2.45, 2.75) is 19.9 Å². The first-order valence-electron chi connectivity index (χ1n) is 2.37. The minimum Gasteiger partial charge on any atom is -0.544 e. The number of rotatable bonds is 2. The van der Waals surface area contributed by atoms with Gasteiger partial charge in [-0.1, -0.05) is 0 Å². The lowest BCUT2D eigenvalue weighted by Gasteiger charge is -1.93. The number of hydrogen-bond donors (Lipinski definition) is 0. The first-order chi connectivity index (χ1) is 3.63. The molecule has 8 heavy (non-hydrogen) atoms. The van der Waals surface area contributed by atoms with Crippen molar-refractivity contribution in [2.75, 3.05) is 0 Å². The average Bonchev–Trinajstić information content (AvgIpc) is 1.61. The highest BCUT2D eigenvalue weighted by Gasteiger charge is 1.80. The molecule has 0 bridgehead atoms. The van der Waals surface area contributed by atoms with Crippen molar-refractivity contribution in [2.24, 2.45) is 4.99 Å². The van der Waals surface area contributed by atoms with Gasteiger partial charge in [0.2, 0.25) is 0 Å². The molecular formula is C5H8NO2-. The van der Waals surface area contributed by atoms with Crippen LogP contribution >= 0.6 is 0 Å². The first kappa shape index (κ1) is 7.14. The van der Waals surface area contributed by atoms with E-state index in [0.29, 0.717) is 0 Å². The monoisotopic (exact) mass is 114 g/mol. The van der Waals surface area contributed by atoms with Crippen molar-refractivity contribution < 1.29 is 9.90 Å². The Bertz CT molecular complexity index is 107. The Morgan fingerprint density at radius 3 is 2.38 bits per heavy atom. The predicted octanol–water partition coefficient (Wildman–Crippen LogP) is -0.784. The zero-order valence-electron chi connectivity index (χ0n) is 4.92. The maximum atomic E-state index is 9.64. The summed E-state index contributed by atoms with van der Waals surface area (Å²) < 4.78 is 0. The van der Waals surface area contributed by atoms with E-state index in [1.54, 1.807) is 13.8 Å². The van der Waals surface area contributed by atoms with Gasteiger partial charge >= 0.3 is 0 Å². The molecule has 0 aliphatic rings. The average molecular weight is 114 g/mol. The molecule has 3 nitrogen and oxygen atoms in total. The molecule has 0 aromatic heterocycles. The molecule has 0 saturated carbocycles. The number of aliphatic imine (C=N–C) groups is 1. The highest BCUT2D eigenvalue weighted by atomic mass is 16.4. The summed E-state index contributed by atoms with van der Waals surface area (Å²) in [7, 11) is 0. The number of carboxylic acids is 1. The van der Waals surface area contributed by atoms with Gasteiger partial charge in [-0.3, -0.25) is 4.99 Å². The number of aliphatic carboxylic acids is 1. The van der Waals surface area contributed by atoms with Crippen molar-refractivity contribution in [3.05, 3.63) is 0 Å². The minimum atomic E-state index is -1.24.